The predicted octanol–water partition coefficient (Wildman–Crippen LogP) is 1.82. The molecule has 0 saturated heterocycles. The van der Waals surface area contributed by atoms with Crippen LogP contribution in [0.4, 0.5) is 27.7 Å². The van der Waals surface area contributed by atoms with E-state index in [4.69, 9.17) is 0 Å². The van der Waals surface area contributed by atoms with Crippen molar-refractivity contribution in [1.82, 2.24) is 25.8 Å². The van der Waals surface area contributed by atoms with Crippen LogP contribution in [0.1, 0.15) is 15.9 Å². The van der Waals surface area contributed by atoms with E-state index in [1.165, 1.54) is 24.3 Å². The number of allylic oxidation sites excluding steroid dienone is 3. The number of rotatable bonds is 12. The molecule has 0 fully saturated rings. The van der Waals surface area contributed by atoms with Crippen LogP contribution in [0.15, 0.2) is 115 Å². The minimum Gasteiger partial charge on any atom is -0.478 e. The zero-order chi connectivity index (χ0) is 39.4. The molecule has 0 radical (unpaired) electrons. The molecule has 1 aliphatic rings. The second-order valence-corrected chi connectivity index (χ2v) is 14.7. The molecular weight excluding hydrogens is 782 g/mol. The van der Waals surface area contributed by atoms with Gasteiger partial charge in [0.2, 0.25) is 11.7 Å². The lowest BCUT2D eigenvalue weighted by Crippen LogP contribution is -2.34. The average Bonchev–Trinajstić information content (AvgIpc) is 3.08. The summed E-state index contributed by atoms with van der Waals surface area (Å²) in [6.07, 6.45) is -0.153. The maximum atomic E-state index is 14.4. The monoisotopic (exact) mass is 803 g/mol. The highest BCUT2D eigenvalue weighted by Crippen LogP contribution is 2.23. The Morgan fingerprint density at radius 3 is 2.11 bits per heavy atom. The van der Waals surface area contributed by atoms with Crippen LogP contribution in [0.25, 0.3) is 0 Å². The normalized spacial score (nSPS) is 14.6. The summed E-state index contributed by atoms with van der Waals surface area (Å²) < 4.78 is 114. The Labute approximate surface area is 303 Å². The number of hydrazine groups is 1. The van der Waals surface area contributed by atoms with Crippen molar-refractivity contribution in [1.29, 1.82) is 0 Å². The minimum atomic E-state index is -5.05. The van der Waals surface area contributed by atoms with Crippen LogP contribution < -0.4 is 21.6 Å². The van der Waals surface area contributed by atoms with Crippen molar-refractivity contribution < 1.29 is 58.0 Å². The topological polar surface area (TPSA) is 329 Å². The van der Waals surface area contributed by atoms with Crippen LogP contribution in [0.5, 0.6) is 0 Å². The van der Waals surface area contributed by atoms with E-state index < -0.39 is 91.8 Å². The molecule has 25 heteroatoms. The first kappa shape index (κ1) is 38.7. The van der Waals surface area contributed by atoms with Gasteiger partial charge in [0, 0.05) is 11.3 Å². The number of carboxylic acid groups (broad SMARTS) is 1. The molecule has 0 amide bonds. The maximum Gasteiger partial charge on any atom is 0.337 e. The van der Waals surface area contributed by atoms with Crippen molar-refractivity contribution in [2.24, 2.45) is 10.1 Å². The van der Waals surface area contributed by atoms with Crippen molar-refractivity contribution in [3.63, 3.8) is 0 Å². The third kappa shape index (κ3) is 9.67. The van der Waals surface area contributed by atoms with Crippen molar-refractivity contribution in [3.8, 4) is 0 Å². The number of halogens is 1. The first-order chi connectivity index (χ1) is 25.3. The third-order valence-electron chi connectivity index (χ3n) is 6.72. The molecule has 0 aliphatic heterocycles. The molecule has 4 aromatic rings. The molecule has 1 aliphatic carbocycles. The molecule has 1 heterocycles. The Hall–Kier alpha value is -6.51. The number of aromatic carboxylic acids is 1. The van der Waals surface area contributed by atoms with E-state index in [1.54, 1.807) is 18.2 Å². The van der Waals surface area contributed by atoms with Gasteiger partial charge in [-0.1, -0.05) is 36.4 Å². The highest BCUT2D eigenvalue weighted by atomic mass is 32.2. The Kier molecular flexibility index (Phi) is 10.9. The fourth-order valence-electron chi connectivity index (χ4n) is 4.30. The van der Waals surface area contributed by atoms with E-state index >= 15 is 0 Å². The van der Waals surface area contributed by atoms with Gasteiger partial charge in [-0.25, -0.2) is 9.79 Å². The van der Waals surface area contributed by atoms with Gasteiger partial charge in [-0.2, -0.15) is 49.7 Å². The molecule has 0 spiro atoms. The van der Waals surface area contributed by atoms with E-state index in [9.17, 15) is 58.0 Å². The summed E-state index contributed by atoms with van der Waals surface area (Å²) in [7, 11) is -14.4. The molecule has 54 heavy (non-hydrogen) atoms. The lowest BCUT2D eigenvalue weighted by molar-refractivity contribution is -0.110. The number of hydrogen-bond donors (Lipinski definition) is 8. The van der Waals surface area contributed by atoms with E-state index in [1.807, 2.05) is 0 Å². The molecule has 21 nitrogen and oxygen atoms in total. The number of carboxylic acids is 1. The number of carbonyl (C=O) groups is 2. The van der Waals surface area contributed by atoms with Gasteiger partial charge in [0.15, 0.2) is 5.84 Å². The lowest BCUT2D eigenvalue weighted by atomic mass is 10.1. The number of benzene rings is 3. The number of ketones is 1. The summed E-state index contributed by atoms with van der Waals surface area (Å²) in [5, 5.41) is 16.1. The summed E-state index contributed by atoms with van der Waals surface area (Å²) in [5.41, 5.74) is 5.32. The Morgan fingerprint density at radius 2 is 1.46 bits per heavy atom. The average molecular weight is 804 g/mol. The number of nitrogens with one attached hydrogen (secondary N) is 4. The quantitative estimate of drug-likeness (QED) is 0.0333. The minimum absolute atomic E-state index is 0.0356. The molecule has 0 unspecified atom stereocenters. The standard InChI is InChI=1S/C29H22FN9O12S3/c30-27-33-28(31-16-7-4-8-17(11-16)52(43,44)45)35-29(34-27)32-22-13-19(54(49,50)51)14-23(24(22)40)37-39-25(15-5-2-1-3-6-15)38-36-21-12-18(53(46,47)48)9-10-20(21)26(41)42/h1-14,36-37H,(H,38,39)(H,41,42)(H,43,44,45)(H,46,47,48)(H,49,50,51)(H,31,33,34,35). The van der Waals surface area contributed by atoms with Crippen LogP contribution >= 0.6 is 0 Å². The van der Waals surface area contributed by atoms with E-state index in [2.05, 4.69) is 46.6 Å². The number of nitrogens with zero attached hydrogens (tertiary/aromatic N) is 5. The van der Waals surface area contributed by atoms with Gasteiger partial charge in [-0.3, -0.25) is 34.7 Å². The second kappa shape index (κ2) is 15.2. The van der Waals surface area contributed by atoms with Gasteiger partial charge in [0.25, 0.3) is 36.3 Å². The van der Waals surface area contributed by atoms with Crippen molar-refractivity contribution in [2.75, 3.05) is 10.7 Å². The molecule has 0 atom stereocenters. The van der Waals surface area contributed by atoms with Gasteiger partial charge >= 0.3 is 12.0 Å². The summed E-state index contributed by atoms with van der Waals surface area (Å²) >= 11 is 0. The van der Waals surface area contributed by atoms with Crippen LogP contribution in [-0.2, 0) is 35.1 Å². The zero-order valence-electron chi connectivity index (χ0n) is 26.5. The summed E-state index contributed by atoms with van der Waals surface area (Å²) in [4.78, 5) is 37.6. The molecule has 0 bridgehead atoms. The smallest absolute Gasteiger partial charge is 0.337 e. The number of aliphatic imine (C=N–C) groups is 1. The predicted molar refractivity (Wildman–Crippen MR) is 185 cm³/mol. The van der Waals surface area contributed by atoms with Gasteiger partial charge in [-0.15, -0.1) is 0 Å². The second-order valence-electron chi connectivity index (χ2n) is 10.4. The Balaban J connectivity index is 1.48. The largest absolute Gasteiger partial charge is 0.478 e. The van der Waals surface area contributed by atoms with Crippen molar-refractivity contribution in [3.05, 3.63) is 113 Å². The first-order valence-corrected chi connectivity index (χ1v) is 18.7. The van der Waals surface area contributed by atoms with Crippen LogP contribution in [0, 0.1) is 6.08 Å². The van der Waals surface area contributed by atoms with Crippen LogP contribution in [-0.4, -0.2) is 82.3 Å². The van der Waals surface area contributed by atoms with Gasteiger partial charge < -0.3 is 10.4 Å². The summed E-state index contributed by atoms with van der Waals surface area (Å²) in [5.74, 6) is -4.16. The molecule has 8 N–H and O–H groups in total. The Bertz CT molecular complexity index is 2650. The number of hydrogen-bond acceptors (Lipinski definition) is 16. The molecular formula is C29H22FN9O12S3. The summed E-state index contributed by atoms with van der Waals surface area (Å²) in [6.45, 7) is 0. The van der Waals surface area contributed by atoms with E-state index in [0.717, 1.165) is 30.3 Å². The Morgan fingerprint density at radius 1 is 0.778 bits per heavy atom. The highest BCUT2D eigenvalue weighted by molar-refractivity contribution is 7.90. The van der Waals surface area contributed by atoms with Gasteiger partial charge in [0.05, 0.1) is 25.9 Å². The first-order valence-electron chi connectivity index (χ1n) is 14.3. The third-order valence-corrected chi connectivity index (χ3v) is 9.25. The van der Waals surface area contributed by atoms with Crippen LogP contribution in [0.3, 0.4) is 0 Å². The number of carbonyl (C=O) groups excluding carboxylic acids is 1. The number of amidine groups is 1. The molecule has 3 aromatic carbocycles. The molecule has 5 rings (SSSR count). The van der Waals surface area contributed by atoms with E-state index in [-0.39, 0.29) is 22.8 Å². The summed E-state index contributed by atoms with van der Waals surface area (Å²) in [6, 6.07) is 14.9. The number of anilines is 3. The fourth-order valence-corrected chi connectivity index (χ4v) is 5.86. The van der Waals surface area contributed by atoms with Crippen molar-refractivity contribution in [2.45, 2.75) is 9.79 Å². The molecule has 1 aromatic heterocycles. The van der Waals surface area contributed by atoms with Crippen LogP contribution in [0.2, 0.25) is 0 Å². The maximum absolute atomic E-state index is 14.4. The van der Waals surface area contributed by atoms with E-state index in [0.29, 0.717) is 12.2 Å². The van der Waals surface area contributed by atoms with Gasteiger partial charge in [0.1, 0.15) is 11.4 Å². The zero-order valence-corrected chi connectivity index (χ0v) is 28.9. The lowest BCUT2D eigenvalue weighted by Gasteiger charge is -2.17. The number of hydrazone groups is 1. The van der Waals surface area contributed by atoms with Gasteiger partial charge in [-0.05, 0) is 48.6 Å². The van der Waals surface area contributed by atoms with Crippen molar-refractivity contribution >= 4 is 76.9 Å². The molecule has 0 saturated carbocycles. The fraction of sp³-hybridized carbons (Fsp3) is 0. The SMILES string of the molecule is O=C1C(NN=C(NNc2cc(S(=O)(=O)O)ccc2C(=O)O)c2ccccc2)=CC(S(=O)(=O)O)=CC1=Nc1nc(F)nc(Nc2cccc(S(=O)(=O)O)c2)n1. The number of aromatic nitrogens is 3. The molecule has 280 valence electrons. The number of Topliss-reactive ketones (excluding diaryl/α,β-unsaturated/α-hetero) is 1. The highest BCUT2D eigenvalue weighted by Gasteiger charge is 2.27.